The van der Waals surface area contributed by atoms with Gasteiger partial charge in [-0.1, -0.05) is 11.6 Å². The molecule has 2 heterocycles. The number of hydrogen-bond acceptors (Lipinski definition) is 4. The molecule has 1 aromatic carbocycles. The Morgan fingerprint density at radius 2 is 2.20 bits per heavy atom. The van der Waals surface area contributed by atoms with Crippen LogP contribution in [-0.2, 0) is 10.3 Å². The van der Waals surface area contributed by atoms with Gasteiger partial charge in [0.1, 0.15) is 12.6 Å². The number of nitrogens with one attached hydrogen (secondary N) is 2. The molecule has 0 radical (unpaired) electrons. The minimum Gasteiger partial charge on any atom is -0.346 e. The van der Waals surface area contributed by atoms with Gasteiger partial charge in [0.15, 0.2) is 11.6 Å². The SMILES string of the molecule is C[C@H](NC(=O)CN1C(=O)Nc2ccc(F)c(F)c2C12CC2)c1ncc(C#N)cc1Cl. The Kier molecular flexibility index (Phi) is 4.82. The van der Waals surface area contributed by atoms with Gasteiger partial charge in [0.25, 0.3) is 0 Å². The van der Waals surface area contributed by atoms with Gasteiger partial charge in [-0.05, 0) is 38.0 Å². The van der Waals surface area contributed by atoms with Gasteiger partial charge in [-0.3, -0.25) is 9.78 Å². The third-order valence-corrected chi connectivity index (χ3v) is 5.68. The summed E-state index contributed by atoms with van der Waals surface area (Å²) in [6, 6.07) is 4.50. The van der Waals surface area contributed by atoms with Crippen molar-refractivity contribution in [3.05, 3.63) is 57.9 Å². The van der Waals surface area contributed by atoms with Crippen LogP contribution in [0.1, 0.15) is 42.6 Å². The number of carbonyl (C=O) groups is 2. The first-order valence-corrected chi connectivity index (χ1v) is 9.56. The van der Waals surface area contributed by atoms with Crippen molar-refractivity contribution >= 4 is 29.2 Å². The van der Waals surface area contributed by atoms with Crippen LogP contribution in [0.15, 0.2) is 24.4 Å². The minimum absolute atomic E-state index is 0.0692. The zero-order valence-corrected chi connectivity index (χ0v) is 16.6. The summed E-state index contributed by atoms with van der Waals surface area (Å²) >= 11 is 6.13. The van der Waals surface area contributed by atoms with Gasteiger partial charge in [0.05, 0.1) is 33.5 Å². The number of hydrogen-bond donors (Lipinski definition) is 2. The Hall–Kier alpha value is -3.25. The number of nitriles is 1. The smallest absolute Gasteiger partial charge is 0.323 e. The normalized spacial score (nSPS) is 17.0. The second-order valence-electron chi connectivity index (χ2n) is 7.32. The monoisotopic (exact) mass is 431 g/mol. The van der Waals surface area contributed by atoms with Gasteiger partial charge in [0.2, 0.25) is 5.91 Å². The molecule has 0 saturated heterocycles. The number of fused-ring (bicyclic) bond motifs is 2. The molecule has 1 atom stereocenters. The highest BCUT2D eigenvalue weighted by Gasteiger charge is 2.57. The van der Waals surface area contributed by atoms with Crippen molar-refractivity contribution in [2.45, 2.75) is 31.3 Å². The van der Waals surface area contributed by atoms with Crippen LogP contribution in [0.5, 0.6) is 0 Å². The summed E-state index contributed by atoms with van der Waals surface area (Å²) in [5, 5.41) is 14.3. The first-order valence-electron chi connectivity index (χ1n) is 9.19. The number of pyridine rings is 1. The largest absolute Gasteiger partial charge is 0.346 e. The summed E-state index contributed by atoms with van der Waals surface area (Å²) in [6.07, 6.45) is 2.20. The molecule has 1 fully saturated rings. The lowest BCUT2D eigenvalue weighted by Gasteiger charge is -2.38. The molecule has 0 unspecified atom stereocenters. The molecule has 30 heavy (non-hydrogen) atoms. The third-order valence-electron chi connectivity index (χ3n) is 5.38. The molecule has 2 aromatic rings. The average molecular weight is 432 g/mol. The van der Waals surface area contributed by atoms with Crippen molar-refractivity contribution in [1.29, 1.82) is 5.26 Å². The fourth-order valence-corrected chi connectivity index (χ4v) is 4.14. The Labute approximate surface area is 175 Å². The second-order valence-corrected chi connectivity index (χ2v) is 7.73. The Morgan fingerprint density at radius 1 is 1.47 bits per heavy atom. The van der Waals surface area contributed by atoms with Gasteiger partial charge >= 0.3 is 6.03 Å². The van der Waals surface area contributed by atoms with E-state index in [1.165, 1.54) is 23.2 Å². The molecule has 1 aromatic heterocycles. The molecule has 154 valence electrons. The highest BCUT2D eigenvalue weighted by atomic mass is 35.5. The number of halogens is 3. The summed E-state index contributed by atoms with van der Waals surface area (Å²) in [6.45, 7) is 1.31. The number of nitrogens with zero attached hydrogens (tertiary/aromatic N) is 3. The number of benzene rings is 1. The number of anilines is 1. The van der Waals surface area contributed by atoms with E-state index in [9.17, 15) is 18.4 Å². The molecule has 1 spiro atoms. The maximum atomic E-state index is 14.5. The van der Waals surface area contributed by atoms with E-state index in [4.69, 9.17) is 16.9 Å². The van der Waals surface area contributed by atoms with E-state index >= 15 is 0 Å². The Morgan fingerprint density at radius 3 is 2.83 bits per heavy atom. The van der Waals surface area contributed by atoms with Crippen molar-refractivity contribution in [3.8, 4) is 6.07 Å². The summed E-state index contributed by atoms with van der Waals surface area (Å²) in [7, 11) is 0. The molecule has 1 saturated carbocycles. The van der Waals surface area contributed by atoms with Crippen LogP contribution in [-0.4, -0.2) is 28.4 Å². The van der Waals surface area contributed by atoms with Gasteiger partial charge in [-0.2, -0.15) is 5.26 Å². The minimum atomic E-state index is -1.03. The van der Waals surface area contributed by atoms with E-state index in [1.54, 1.807) is 6.92 Å². The van der Waals surface area contributed by atoms with Gasteiger partial charge in [-0.25, -0.2) is 13.6 Å². The topological polar surface area (TPSA) is 98.1 Å². The fraction of sp³-hybridized carbons (Fsp3) is 0.300. The molecule has 1 aliphatic carbocycles. The zero-order valence-electron chi connectivity index (χ0n) is 15.8. The second kappa shape index (κ2) is 7.22. The van der Waals surface area contributed by atoms with E-state index in [1.807, 2.05) is 6.07 Å². The molecule has 2 aliphatic rings. The highest BCUT2D eigenvalue weighted by Crippen LogP contribution is 2.56. The molecular formula is C20H16ClF2N5O2. The standard InChI is InChI=1S/C20H16ClF2N5O2/c1-10(18-12(21)6-11(7-24)8-25-18)26-15(29)9-28-19(30)27-14-3-2-13(22)17(23)16(14)20(28)4-5-20/h2-3,6,8,10H,4-5,9H2,1H3,(H,26,29)(H,27,30)/t10-/m0/s1. The average Bonchev–Trinajstić information content (AvgIpc) is 3.48. The fourth-order valence-electron chi connectivity index (χ4n) is 3.81. The predicted molar refractivity (Wildman–Crippen MR) is 104 cm³/mol. The number of aromatic nitrogens is 1. The molecule has 2 N–H and O–H groups in total. The summed E-state index contributed by atoms with van der Waals surface area (Å²) in [5.74, 6) is -2.53. The maximum Gasteiger partial charge on any atom is 0.323 e. The summed E-state index contributed by atoms with van der Waals surface area (Å²) in [5.41, 5.74) is -0.0910. The van der Waals surface area contributed by atoms with Crippen molar-refractivity contribution in [1.82, 2.24) is 15.2 Å². The highest BCUT2D eigenvalue weighted by molar-refractivity contribution is 6.31. The van der Waals surface area contributed by atoms with E-state index < -0.39 is 35.2 Å². The van der Waals surface area contributed by atoms with Crippen LogP contribution < -0.4 is 10.6 Å². The lowest BCUT2D eigenvalue weighted by atomic mass is 9.97. The molecular weight excluding hydrogens is 416 g/mol. The number of urea groups is 1. The van der Waals surface area contributed by atoms with Crippen molar-refractivity contribution in [3.63, 3.8) is 0 Å². The van der Waals surface area contributed by atoms with Crippen molar-refractivity contribution < 1.29 is 18.4 Å². The first-order chi connectivity index (χ1) is 14.3. The molecule has 10 heteroatoms. The molecule has 1 aliphatic heterocycles. The van der Waals surface area contributed by atoms with E-state index in [0.717, 1.165) is 6.07 Å². The van der Waals surface area contributed by atoms with Crippen molar-refractivity contribution in [2.24, 2.45) is 0 Å². The molecule has 0 bridgehead atoms. The van der Waals surface area contributed by atoms with Crippen LogP contribution >= 0.6 is 11.6 Å². The van der Waals surface area contributed by atoms with Crippen LogP contribution in [0.25, 0.3) is 0 Å². The number of amides is 3. The molecule has 7 nitrogen and oxygen atoms in total. The molecule has 3 amide bonds. The van der Waals surface area contributed by atoms with E-state index in [0.29, 0.717) is 18.5 Å². The van der Waals surface area contributed by atoms with Gasteiger partial charge < -0.3 is 15.5 Å². The Bertz CT molecular complexity index is 1110. The van der Waals surface area contributed by atoms with Crippen LogP contribution in [0.3, 0.4) is 0 Å². The molecule has 4 rings (SSSR count). The van der Waals surface area contributed by atoms with Crippen LogP contribution in [0, 0.1) is 23.0 Å². The summed E-state index contributed by atoms with van der Waals surface area (Å²) < 4.78 is 28.3. The van der Waals surface area contributed by atoms with Gasteiger partial charge in [0, 0.05) is 11.8 Å². The zero-order chi connectivity index (χ0) is 21.6. The maximum absolute atomic E-state index is 14.5. The number of carbonyl (C=O) groups excluding carboxylic acids is 2. The first kappa shape index (κ1) is 20.0. The summed E-state index contributed by atoms with van der Waals surface area (Å²) in [4.78, 5) is 30.5. The predicted octanol–water partition coefficient (Wildman–Crippen LogP) is 3.60. The Balaban J connectivity index is 1.53. The van der Waals surface area contributed by atoms with Crippen LogP contribution in [0.2, 0.25) is 5.02 Å². The van der Waals surface area contributed by atoms with Gasteiger partial charge in [-0.15, -0.1) is 0 Å². The van der Waals surface area contributed by atoms with E-state index in [2.05, 4.69) is 15.6 Å². The third kappa shape index (κ3) is 3.23. The lowest BCUT2D eigenvalue weighted by Crippen LogP contribution is -2.52. The van der Waals surface area contributed by atoms with Crippen LogP contribution in [0.4, 0.5) is 19.3 Å². The number of rotatable bonds is 4. The lowest BCUT2D eigenvalue weighted by molar-refractivity contribution is -0.123. The van der Waals surface area contributed by atoms with E-state index in [-0.39, 0.29) is 28.4 Å². The van der Waals surface area contributed by atoms with Crippen molar-refractivity contribution in [2.75, 3.05) is 11.9 Å². The quantitative estimate of drug-likeness (QED) is 0.772.